The number of rotatable bonds is 2. The molecule has 3 aromatic rings. The summed E-state index contributed by atoms with van der Waals surface area (Å²) >= 11 is 6.01. The number of nitrogens with zero attached hydrogens (tertiary/aromatic N) is 2. The molecule has 0 bridgehead atoms. The lowest BCUT2D eigenvalue weighted by Gasteiger charge is -2.03. The van der Waals surface area contributed by atoms with Crippen molar-refractivity contribution in [3.8, 4) is 0 Å². The van der Waals surface area contributed by atoms with Crippen molar-refractivity contribution < 1.29 is 4.39 Å². The van der Waals surface area contributed by atoms with Gasteiger partial charge in [0.1, 0.15) is 11.6 Å². The Kier molecular flexibility index (Phi) is 2.95. The summed E-state index contributed by atoms with van der Waals surface area (Å²) in [5, 5.41) is 0.408. The van der Waals surface area contributed by atoms with Gasteiger partial charge in [-0.25, -0.2) is 14.4 Å². The molecule has 3 nitrogen and oxygen atoms in total. The molecule has 0 amide bonds. The van der Waals surface area contributed by atoms with Gasteiger partial charge in [0.25, 0.3) is 0 Å². The van der Waals surface area contributed by atoms with Crippen molar-refractivity contribution in [1.82, 2.24) is 15.0 Å². The van der Waals surface area contributed by atoms with Gasteiger partial charge in [-0.3, -0.25) is 0 Å². The smallest absolute Gasteiger partial charge is 0.177 e. The third-order valence-electron chi connectivity index (χ3n) is 3.06. The number of aromatic nitrogens is 3. The lowest BCUT2D eigenvalue weighted by molar-refractivity contribution is 0.612. The first-order valence-corrected chi connectivity index (χ1v) is 6.26. The number of pyridine rings is 1. The minimum Gasteiger partial charge on any atom is -0.340 e. The molecule has 0 aliphatic heterocycles. The van der Waals surface area contributed by atoms with Crippen LogP contribution in [0.25, 0.3) is 11.2 Å². The third kappa shape index (κ3) is 2.19. The Balaban J connectivity index is 2.04. The van der Waals surface area contributed by atoms with E-state index in [1.165, 1.54) is 6.07 Å². The number of fused-ring (bicyclic) bond motifs is 1. The van der Waals surface area contributed by atoms with E-state index in [-0.39, 0.29) is 5.82 Å². The van der Waals surface area contributed by atoms with Crippen LogP contribution in [0.15, 0.2) is 30.5 Å². The van der Waals surface area contributed by atoms with Crippen molar-refractivity contribution in [3.63, 3.8) is 0 Å². The highest BCUT2D eigenvalue weighted by Gasteiger charge is 2.11. The second kappa shape index (κ2) is 4.63. The molecule has 2 heterocycles. The minimum atomic E-state index is -0.322. The first-order chi connectivity index (χ1) is 9.15. The van der Waals surface area contributed by atoms with E-state index in [9.17, 15) is 4.39 Å². The summed E-state index contributed by atoms with van der Waals surface area (Å²) in [6.45, 7) is 1.97. The Morgan fingerprint density at radius 1 is 1.32 bits per heavy atom. The molecule has 0 aliphatic rings. The van der Waals surface area contributed by atoms with Crippen molar-refractivity contribution in [2.75, 3.05) is 0 Å². The van der Waals surface area contributed by atoms with Crippen molar-refractivity contribution in [1.29, 1.82) is 0 Å². The summed E-state index contributed by atoms with van der Waals surface area (Å²) in [5.41, 5.74) is 3.02. The molecule has 0 spiro atoms. The number of benzene rings is 1. The molecule has 0 radical (unpaired) electrons. The highest BCUT2D eigenvalue weighted by molar-refractivity contribution is 6.31. The molecule has 0 fully saturated rings. The Morgan fingerprint density at radius 3 is 2.89 bits per heavy atom. The fourth-order valence-corrected chi connectivity index (χ4v) is 2.27. The van der Waals surface area contributed by atoms with Crippen molar-refractivity contribution in [2.45, 2.75) is 13.3 Å². The normalized spacial score (nSPS) is 11.1. The Hall–Kier alpha value is -1.94. The first-order valence-electron chi connectivity index (χ1n) is 5.88. The number of imidazole rings is 1. The van der Waals surface area contributed by atoms with E-state index in [2.05, 4.69) is 15.0 Å². The highest BCUT2D eigenvalue weighted by Crippen LogP contribution is 2.22. The first kappa shape index (κ1) is 12.1. The number of hydrogen-bond acceptors (Lipinski definition) is 2. The van der Waals surface area contributed by atoms with Gasteiger partial charge in [-0.15, -0.1) is 0 Å². The van der Waals surface area contributed by atoms with Gasteiger partial charge >= 0.3 is 0 Å². The van der Waals surface area contributed by atoms with Crippen LogP contribution < -0.4 is 0 Å². The van der Waals surface area contributed by atoms with Crippen LogP contribution in [-0.2, 0) is 6.42 Å². The van der Waals surface area contributed by atoms with E-state index in [1.807, 2.05) is 13.0 Å². The van der Waals surface area contributed by atoms with Gasteiger partial charge in [-0.1, -0.05) is 17.7 Å². The summed E-state index contributed by atoms with van der Waals surface area (Å²) in [4.78, 5) is 11.7. The monoisotopic (exact) mass is 275 g/mol. The maximum absolute atomic E-state index is 13.7. The molecular formula is C14H11ClFN3. The molecule has 0 saturated heterocycles. The highest BCUT2D eigenvalue weighted by atomic mass is 35.5. The Bertz CT molecular complexity index is 731. The van der Waals surface area contributed by atoms with Crippen LogP contribution in [0, 0.1) is 12.7 Å². The number of halogens is 2. The quantitative estimate of drug-likeness (QED) is 0.776. The molecule has 0 unspecified atom stereocenters. The van der Waals surface area contributed by atoms with Crippen LogP contribution in [0.2, 0.25) is 5.02 Å². The molecule has 1 aromatic carbocycles. The lowest BCUT2D eigenvalue weighted by atomic mass is 10.1. The van der Waals surface area contributed by atoms with E-state index in [4.69, 9.17) is 11.6 Å². The Morgan fingerprint density at radius 2 is 2.16 bits per heavy atom. The van der Waals surface area contributed by atoms with E-state index in [0.29, 0.717) is 28.5 Å². The van der Waals surface area contributed by atoms with Crippen LogP contribution in [0.3, 0.4) is 0 Å². The molecule has 2 aromatic heterocycles. The van der Waals surface area contributed by atoms with Crippen molar-refractivity contribution in [3.05, 3.63) is 58.3 Å². The molecule has 1 N–H and O–H groups in total. The number of aromatic amines is 1. The van der Waals surface area contributed by atoms with Crippen LogP contribution in [0.5, 0.6) is 0 Å². The van der Waals surface area contributed by atoms with E-state index < -0.39 is 0 Å². The zero-order chi connectivity index (χ0) is 13.4. The fourth-order valence-electron chi connectivity index (χ4n) is 2.04. The third-order valence-corrected chi connectivity index (χ3v) is 3.41. The summed E-state index contributed by atoms with van der Waals surface area (Å²) in [6.07, 6.45) is 2.03. The molecular weight excluding hydrogens is 265 g/mol. The van der Waals surface area contributed by atoms with Crippen molar-refractivity contribution in [2.24, 2.45) is 0 Å². The number of nitrogens with one attached hydrogen (secondary N) is 1. The fraction of sp³-hybridized carbons (Fsp3) is 0.143. The lowest BCUT2D eigenvalue weighted by Crippen LogP contribution is -1.95. The van der Waals surface area contributed by atoms with Gasteiger partial charge in [0.05, 0.1) is 5.52 Å². The van der Waals surface area contributed by atoms with Gasteiger partial charge < -0.3 is 4.98 Å². The number of aryl methyl sites for hydroxylation is 1. The topological polar surface area (TPSA) is 41.6 Å². The maximum atomic E-state index is 13.7. The van der Waals surface area contributed by atoms with Crippen LogP contribution in [0.1, 0.15) is 17.0 Å². The summed E-state index contributed by atoms with van der Waals surface area (Å²) in [7, 11) is 0. The molecule has 19 heavy (non-hydrogen) atoms. The second-order valence-electron chi connectivity index (χ2n) is 4.39. The second-order valence-corrected chi connectivity index (χ2v) is 4.79. The van der Waals surface area contributed by atoms with Gasteiger partial charge in [-0.2, -0.15) is 0 Å². The zero-order valence-corrected chi connectivity index (χ0v) is 11.0. The maximum Gasteiger partial charge on any atom is 0.177 e. The van der Waals surface area contributed by atoms with Crippen LogP contribution >= 0.6 is 11.6 Å². The van der Waals surface area contributed by atoms with Gasteiger partial charge in [0, 0.05) is 23.2 Å². The molecule has 0 atom stereocenters. The predicted octanol–water partition coefficient (Wildman–Crippen LogP) is 3.65. The van der Waals surface area contributed by atoms with E-state index in [1.54, 1.807) is 18.3 Å². The molecule has 0 aliphatic carbocycles. The predicted molar refractivity (Wildman–Crippen MR) is 72.8 cm³/mol. The molecule has 5 heteroatoms. The molecule has 3 rings (SSSR count). The standard InChI is InChI=1S/C14H11ClFN3/c1-8-5-6-17-14-13(8)18-12(19-14)7-9-10(15)3-2-4-11(9)16/h2-6H,7H2,1H3,(H,17,18,19). The summed E-state index contributed by atoms with van der Waals surface area (Å²) in [6, 6.07) is 6.56. The minimum absolute atomic E-state index is 0.321. The SMILES string of the molecule is Cc1ccnc2nc(Cc3c(F)cccc3Cl)[nH]c12. The largest absolute Gasteiger partial charge is 0.340 e. The summed E-state index contributed by atoms with van der Waals surface area (Å²) in [5.74, 6) is 0.335. The zero-order valence-electron chi connectivity index (χ0n) is 10.2. The van der Waals surface area contributed by atoms with Crippen molar-refractivity contribution >= 4 is 22.8 Å². The average molecular weight is 276 g/mol. The molecule has 0 saturated carbocycles. The van der Waals surface area contributed by atoms with Gasteiger partial charge in [0.2, 0.25) is 0 Å². The van der Waals surface area contributed by atoms with Gasteiger partial charge in [-0.05, 0) is 30.7 Å². The van der Waals surface area contributed by atoms with Crippen LogP contribution in [-0.4, -0.2) is 15.0 Å². The number of H-pyrrole nitrogens is 1. The number of hydrogen-bond donors (Lipinski definition) is 1. The average Bonchev–Trinajstić information content (AvgIpc) is 2.78. The van der Waals surface area contributed by atoms with Gasteiger partial charge in [0.15, 0.2) is 5.65 Å². The van der Waals surface area contributed by atoms with Crippen LogP contribution in [0.4, 0.5) is 4.39 Å². The molecule has 96 valence electrons. The van der Waals surface area contributed by atoms with E-state index >= 15 is 0 Å². The van der Waals surface area contributed by atoms with E-state index in [0.717, 1.165) is 11.1 Å². The Labute approximate surface area is 114 Å². The summed E-state index contributed by atoms with van der Waals surface area (Å²) < 4.78 is 13.7.